The van der Waals surface area contributed by atoms with E-state index in [1.165, 1.54) is 11.8 Å². The summed E-state index contributed by atoms with van der Waals surface area (Å²) in [7, 11) is 0. The summed E-state index contributed by atoms with van der Waals surface area (Å²) in [6, 6.07) is -4.90. The van der Waals surface area contributed by atoms with Crippen LogP contribution in [-0.2, 0) is 28.8 Å². The van der Waals surface area contributed by atoms with Crippen LogP contribution >= 0.6 is 24.4 Å². The fourth-order valence-corrected chi connectivity index (χ4v) is 4.65. The van der Waals surface area contributed by atoms with E-state index >= 15 is 0 Å². The zero-order valence-electron chi connectivity index (χ0n) is 26.4. The van der Waals surface area contributed by atoms with Crippen LogP contribution in [0.25, 0.3) is 0 Å². The molecule has 0 aliphatic carbocycles. The van der Waals surface area contributed by atoms with Crippen LogP contribution in [-0.4, -0.2) is 95.1 Å². The van der Waals surface area contributed by atoms with Crippen LogP contribution in [0.1, 0.15) is 67.2 Å². The zero-order chi connectivity index (χ0) is 33.3. The SMILES string of the molecule is CC[C@H](C)[C@H](NC(=O)[C@H](CCSC)NC(=O)[C@@H](NC(=O)[C@H](CC(C)C)NC(=O)[C@@H](N)CS)[C@@H](C)CC)C(=O)NCC(=O)O. The number of hydrogen-bond acceptors (Lipinski definition) is 9. The smallest absolute Gasteiger partial charge is 0.322 e. The first-order valence-electron chi connectivity index (χ1n) is 14.7. The van der Waals surface area contributed by atoms with E-state index in [0.29, 0.717) is 25.0 Å². The minimum atomic E-state index is -1.22. The number of nitrogens with one attached hydrogen (secondary N) is 5. The van der Waals surface area contributed by atoms with Crippen LogP contribution in [0.5, 0.6) is 0 Å². The van der Waals surface area contributed by atoms with Gasteiger partial charge in [-0.2, -0.15) is 24.4 Å². The highest BCUT2D eigenvalue weighted by molar-refractivity contribution is 7.98. The molecular formula is C28H52N6O7S2. The Kier molecular flexibility index (Phi) is 20.0. The standard InChI is InChI=1S/C28H52N6O7S2/c1-8-16(5)22(27(40)30-13-21(35)36)33-25(38)19(10-11-43-7)31-28(41)23(17(6)9-2)34-26(39)20(12-15(3)4)32-24(37)18(29)14-42/h15-20,22-23,42H,8-14,29H2,1-7H3,(H,30,40)(H,31,41)(H,32,37)(H,33,38)(H,34,39)(H,35,36)/t16-,17-,18-,19-,20-,22-,23-/m0/s1. The number of amides is 5. The molecule has 0 fully saturated rings. The molecule has 0 spiro atoms. The lowest BCUT2D eigenvalue weighted by Crippen LogP contribution is -2.61. The van der Waals surface area contributed by atoms with E-state index in [0.717, 1.165) is 0 Å². The number of carboxylic acids is 1. The average Bonchev–Trinajstić information content (AvgIpc) is 2.96. The van der Waals surface area contributed by atoms with Gasteiger partial charge in [-0.25, -0.2) is 0 Å². The third-order valence-electron chi connectivity index (χ3n) is 7.12. The average molecular weight is 649 g/mol. The quantitative estimate of drug-likeness (QED) is 0.0803. The predicted octanol–water partition coefficient (Wildman–Crippen LogP) is 0.275. The summed E-state index contributed by atoms with van der Waals surface area (Å²) in [6.07, 6.45) is 3.47. The third kappa shape index (κ3) is 15.2. The van der Waals surface area contributed by atoms with Gasteiger partial charge in [0, 0.05) is 5.75 Å². The maximum absolute atomic E-state index is 13.6. The summed E-state index contributed by atoms with van der Waals surface area (Å²) >= 11 is 5.51. The lowest BCUT2D eigenvalue weighted by Gasteiger charge is -2.30. The van der Waals surface area contributed by atoms with E-state index in [1.54, 1.807) is 13.8 Å². The second-order valence-corrected chi connectivity index (χ2v) is 12.5. The minimum absolute atomic E-state index is 0.0462. The van der Waals surface area contributed by atoms with Crippen LogP contribution in [0, 0.1) is 17.8 Å². The summed E-state index contributed by atoms with van der Waals surface area (Å²) in [5.41, 5.74) is 5.77. The molecule has 0 aromatic heterocycles. The number of thioether (sulfide) groups is 1. The Labute approximate surface area is 265 Å². The number of carbonyl (C=O) groups is 6. The molecule has 0 bridgehead atoms. The van der Waals surface area contributed by atoms with Crippen molar-refractivity contribution in [2.45, 2.75) is 97.4 Å². The Hall–Kier alpha value is -2.52. The van der Waals surface area contributed by atoms with E-state index < -0.39 is 72.3 Å². The number of carboxylic acid groups (broad SMARTS) is 1. The summed E-state index contributed by atoms with van der Waals surface area (Å²) in [5, 5.41) is 22.1. The van der Waals surface area contributed by atoms with Crippen molar-refractivity contribution < 1.29 is 33.9 Å². The minimum Gasteiger partial charge on any atom is -0.480 e. The molecule has 15 heteroatoms. The monoisotopic (exact) mass is 648 g/mol. The van der Waals surface area contributed by atoms with Gasteiger partial charge in [-0.3, -0.25) is 28.8 Å². The lowest BCUT2D eigenvalue weighted by atomic mass is 9.96. The molecular weight excluding hydrogens is 596 g/mol. The van der Waals surface area contributed by atoms with Crippen LogP contribution in [0.4, 0.5) is 0 Å². The zero-order valence-corrected chi connectivity index (χ0v) is 28.1. The number of rotatable bonds is 21. The van der Waals surface area contributed by atoms with E-state index in [1.807, 2.05) is 34.0 Å². The molecule has 0 aliphatic heterocycles. The molecule has 0 rings (SSSR count). The summed E-state index contributed by atoms with van der Waals surface area (Å²) in [6.45, 7) is 10.4. The second-order valence-electron chi connectivity index (χ2n) is 11.2. The van der Waals surface area contributed by atoms with Crippen molar-refractivity contribution in [1.29, 1.82) is 0 Å². The molecule has 0 aromatic rings. The largest absolute Gasteiger partial charge is 0.480 e. The van der Waals surface area contributed by atoms with Gasteiger partial charge in [-0.15, -0.1) is 0 Å². The van der Waals surface area contributed by atoms with Gasteiger partial charge in [0.1, 0.15) is 30.7 Å². The van der Waals surface area contributed by atoms with Crippen molar-refractivity contribution in [2.24, 2.45) is 23.5 Å². The number of carbonyl (C=O) groups excluding carboxylic acids is 5. The summed E-state index contributed by atoms with van der Waals surface area (Å²) in [4.78, 5) is 76.4. The molecule has 0 radical (unpaired) electrons. The van der Waals surface area contributed by atoms with Crippen molar-refractivity contribution in [3.05, 3.63) is 0 Å². The second kappa shape index (κ2) is 21.2. The van der Waals surface area contributed by atoms with Crippen LogP contribution in [0.15, 0.2) is 0 Å². The highest BCUT2D eigenvalue weighted by Gasteiger charge is 2.34. The van der Waals surface area contributed by atoms with Crippen LogP contribution in [0.3, 0.4) is 0 Å². The molecule has 0 heterocycles. The van der Waals surface area contributed by atoms with Gasteiger partial charge >= 0.3 is 5.97 Å². The first-order valence-corrected chi connectivity index (χ1v) is 16.7. The first-order chi connectivity index (χ1) is 20.1. The fraction of sp³-hybridized carbons (Fsp3) is 0.786. The lowest BCUT2D eigenvalue weighted by molar-refractivity contribution is -0.139. The highest BCUT2D eigenvalue weighted by atomic mass is 32.2. The van der Waals surface area contributed by atoms with Gasteiger partial charge in [0.15, 0.2) is 0 Å². The maximum Gasteiger partial charge on any atom is 0.322 e. The molecule has 0 saturated carbocycles. The number of thiol groups is 1. The molecule has 8 N–H and O–H groups in total. The molecule has 13 nitrogen and oxygen atoms in total. The molecule has 5 amide bonds. The molecule has 0 aliphatic rings. The van der Waals surface area contributed by atoms with Crippen LogP contribution in [0.2, 0.25) is 0 Å². The number of hydrogen-bond donors (Lipinski definition) is 8. The molecule has 248 valence electrons. The van der Waals surface area contributed by atoms with Crippen molar-refractivity contribution in [1.82, 2.24) is 26.6 Å². The van der Waals surface area contributed by atoms with Gasteiger partial charge in [0.2, 0.25) is 29.5 Å². The normalized spacial score (nSPS) is 16.0. The van der Waals surface area contributed by atoms with Gasteiger partial charge in [-0.05, 0) is 42.6 Å². The van der Waals surface area contributed by atoms with E-state index in [2.05, 4.69) is 39.2 Å². The molecule has 0 aromatic carbocycles. The summed E-state index contributed by atoms with van der Waals surface area (Å²) < 4.78 is 0. The molecule has 7 atom stereocenters. The van der Waals surface area contributed by atoms with Crippen molar-refractivity contribution in [3.8, 4) is 0 Å². The Balaban J connectivity index is 5.99. The van der Waals surface area contributed by atoms with Crippen LogP contribution < -0.4 is 32.3 Å². The van der Waals surface area contributed by atoms with Crippen molar-refractivity contribution in [2.75, 3.05) is 24.3 Å². The maximum atomic E-state index is 13.6. The third-order valence-corrected chi connectivity index (χ3v) is 8.15. The molecule has 0 saturated heterocycles. The van der Waals surface area contributed by atoms with Gasteiger partial charge in [-0.1, -0.05) is 54.4 Å². The predicted molar refractivity (Wildman–Crippen MR) is 172 cm³/mol. The highest BCUT2D eigenvalue weighted by Crippen LogP contribution is 2.13. The van der Waals surface area contributed by atoms with E-state index in [9.17, 15) is 28.8 Å². The van der Waals surface area contributed by atoms with Gasteiger partial charge in [0.05, 0.1) is 6.04 Å². The fourth-order valence-electron chi connectivity index (χ4n) is 4.01. The van der Waals surface area contributed by atoms with Gasteiger partial charge in [0.25, 0.3) is 0 Å². The molecule has 0 unspecified atom stereocenters. The molecule has 43 heavy (non-hydrogen) atoms. The Morgan fingerprint density at radius 1 is 0.767 bits per heavy atom. The summed E-state index contributed by atoms with van der Waals surface area (Å²) in [5.74, 6) is -4.09. The number of aliphatic carboxylic acids is 1. The Morgan fingerprint density at radius 2 is 1.26 bits per heavy atom. The van der Waals surface area contributed by atoms with E-state index in [-0.39, 0.29) is 29.9 Å². The first kappa shape index (κ1) is 40.5. The van der Waals surface area contributed by atoms with E-state index in [4.69, 9.17) is 10.8 Å². The Morgan fingerprint density at radius 3 is 1.70 bits per heavy atom. The Bertz CT molecular complexity index is 939. The van der Waals surface area contributed by atoms with Crippen molar-refractivity contribution in [3.63, 3.8) is 0 Å². The number of nitrogens with two attached hydrogens (primary N) is 1. The van der Waals surface area contributed by atoms with Gasteiger partial charge < -0.3 is 37.4 Å². The van der Waals surface area contributed by atoms with Crippen molar-refractivity contribution >= 4 is 59.9 Å². The topological polar surface area (TPSA) is 209 Å².